The fourth-order valence-electron chi connectivity index (χ4n) is 1.35. The number of nitrogens with one attached hydrogen (secondary N) is 1. The number of imidazole rings is 1. The number of ketones is 1. The van der Waals surface area contributed by atoms with Crippen LogP contribution in [0.5, 0.6) is 0 Å². The fourth-order valence-corrected chi connectivity index (χ4v) is 1.35. The van der Waals surface area contributed by atoms with Crippen LogP contribution in [0.1, 0.15) is 44.2 Å². The zero-order valence-corrected chi connectivity index (χ0v) is 9.16. The minimum Gasteiger partial charge on any atom is -0.370 e. The molecule has 0 aromatic carbocycles. The van der Waals surface area contributed by atoms with Crippen LogP contribution in [-0.4, -0.2) is 21.9 Å². The molecule has 4 heteroatoms. The predicted octanol–water partition coefficient (Wildman–Crippen LogP) is 2.10. The van der Waals surface area contributed by atoms with Crippen molar-refractivity contribution in [3.63, 3.8) is 0 Å². The van der Waals surface area contributed by atoms with Crippen LogP contribution in [0.25, 0.3) is 0 Å². The van der Waals surface area contributed by atoms with Crippen molar-refractivity contribution in [3.05, 3.63) is 12.0 Å². The van der Waals surface area contributed by atoms with Gasteiger partial charge in [0.2, 0.25) is 0 Å². The van der Waals surface area contributed by atoms with Gasteiger partial charge in [0, 0.05) is 19.5 Å². The maximum Gasteiger partial charge on any atom is 0.181 e. The van der Waals surface area contributed by atoms with Gasteiger partial charge in [-0.05, 0) is 20.8 Å². The first-order valence-corrected chi connectivity index (χ1v) is 4.89. The highest BCUT2D eigenvalue weighted by atomic mass is 16.1. The molecule has 1 rings (SSSR count). The van der Waals surface area contributed by atoms with Crippen molar-refractivity contribution in [3.8, 4) is 0 Å². The van der Waals surface area contributed by atoms with Gasteiger partial charge in [0.1, 0.15) is 11.5 Å². The molecule has 0 amide bonds. The van der Waals surface area contributed by atoms with Crippen molar-refractivity contribution in [1.29, 1.82) is 0 Å². The molecule has 0 aliphatic rings. The maximum atomic E-state index is 11.3. The van der Waals surface area contributed by atoms with Gasteiger partial charge in [-0.2, -0.15) is 0 Å². The molecule has 4 nitrogen and oxygen atoms in total. The predicted molar refractivity (Wildman–Crippen MR) is 56.8 cm³/mol. The van der Waals surface area contributed by atoms with Gasteiger partial charge in [0.15, 0.2) is 5.78 Å². The Kier molecular flexibility index (Phi) is 3.28. The number of Topliss-reactive ketones (excluding diaryl/α,β-unsaturated/α-hetero) is 1. The van der Waals surface area contributed by atoms with Crippen LogP contribution in [0.2, 0.25) is 0 Å². The Morgan fingerprint density at radius 2 is 2.29 bits per heavy atom. The molecule has 1 heterocycles. The van der Waals surface area contributed by atoms with Crippen LogP contribution in [0.4, 0.5) is 5.82 Å². The van der Waals surface area contributed by atoms with E-state index in [1.807, 2.05) is 11.5 Å². The minimum absolute atomic E-state index is 0.000324. The fraction of sp³-hybridized carbons (Fsp3) is 0.600. The zero-order valence-electron chi connectivity index (χ0n) is 9.16. The van der Waals surface area contributed by atoms with Gasteiger partial charge in [-0.1, -0.05) is 0 Å². The Bertz CT molecular complexity index is 328. The minimum atomic E-state index is 0.000324. The summed E-state index contributed by atoms with van der Waals surface area (Å²) in [6, 6.07) is 0.310. The van der Waals surface area contributed by atoms with E-state index in [2.05, 4.69) is 24.1 Å². The lowest BCUT2D eigenvalue weighted by Crippen LogP contribution is -2.10. The maximum absolute atomic E-state index is 11.3. The van der Waals surface area contributed by atoms with Crippen LogP contribution in [0, 0.1) is 0 Å². The largest absolute Gasteiger partial charge is 0.370 e. The molecule has 0 saturated carbocycles. The summed E-state index contributed by atoms with van der Waals surface area (Å²) in [6.07, 6.45) is 1.71. The summed E-state index contributed by atoms with van der Waals surface area (Å²) in [5.74, 6) is 0.829. The topological polar surface area (TPSA) is 46.9 Å². The summed E-state index contributed by atoms with van der Waals surface area (Å²) in [6.45, 7) is 8.45. The molecule has 0 unspecified atom stereocenters. The number of aromatic nitrogens is 2. The molecular formula is C10H17N3O. The summed E-state index contributed by atoms with van der Waals surface area (Å²) in [5.41, 5.74) is 0.528. The van der Waals surface area contributed by atoms with Crippen LogP contribution in [0.3, 0.4) is 0 Å². The molecule has 0 saturated heterocycles. The van der Waals surface area contributed by atoms with E-state index in [1.165, 1.54) is 6.92 Å². The van der Waals surface area contributed by atoms with Crippen molar-refractivity contribution in [2.24, 2.45) is 0 Å². The van der Waals surface area contributed by atoms with Gasteiger partial charge in [0.25, 0.3) is 0 Å². The highest BCUT2D eigenvalue weighted by Gasteiger charge is 2.15. The first kappa shape index (κ1) is 10.8. The van der Waals surface area contributed by atoms with Crippen molar-refractivity contribution >= 4 is 11.6 Å². The molecule has 0 atom stereocenters. The van der Waals surface area contributed by atoms with Gasteiger partial charge in [-0.15, -0.1) is 0 Å². The standard InChI is InChI=1S/C10H17N3O/c1-5-11-10-9(8(4)14)12-6-13(10)7(2)3/h6-7,11H,5H2,1-4H3. The third-order valence-corrected chi connectivity index (χ3v) is 2.03. The lowest BCUT2D eigenvalue weighted by atomic mass is 10.3. The number of rotatable bonds is 4. The lowest BCUT2D eigenvalue weighted by Gasteiger charge is -2.12. The molecule has 0 radical (unpaired) electrons. The number of nitrogens with zero attached hydrogens (tertiary/aromatic N) is 2. The number of anilines is 1. The van der Waals surface area contributed by atoms with E-state index >= 15 is 0 Å². The van der Waals surface area contributed by atoms with Gasteiger partial charge < -0.3 is 9.88 Å². The SMILES string of the molecule is CCNc1c(C(C)=O)ncn1C(C)C. The summed E-state index contributed by atoms with van der Waals surface area (Å²) < 4.78 is 1.97. The second-order valence-corrected chi connectivity index (χ2v) is 3.53. The smallest absolute Gasteiger partial charge is 0.181 e. The van der Waals surface area contributed by atoms with Gasteiger partial charge in [-0.3, -0.25) is 4.79 Å². The molecule has 0 bridgehead atoms. The Morgan fingerprint density at radius 1 is 1.64 bits per heavy atom. The molecule has 0 aliphatic heterocycles. The molecule has 1 aromatic heterocycles. The molecular weight excluding hydrogens is 178 g/mol. The highest BCUT2D eigenvalue weighted by Crippen LogP contribution is 2.19. The average molecular weight is 195 g/mol. The Hall–Kier alpha value is -1.32. The zero-order chi connectivity index (χ0) is 10.7. The monoisotopic (exact) mass is 195 g/mol. The van der Waals surface area contributed by atoms with Gasteiger partial charge >= 0.3 is 0 Å². The highest BCUT2D eigenvalue weighted by molar-refractivity contribution is 5.96. The number of carbonyl (C=O) groups is 1. The summed E-state index contributed by atoms with van der Waals surface area (Å²) in [4.78, 5) is 15.4. The number of carbonyl (C=O) groups excluding carboxylic acids is 1. The molecule has 14 heavy (non-hydrogen) atoms. The summed E-state index contributed by atoms with van der Waals surface area (Å²) in [5, 5.41) is 3.17. The van der Waals surface area contributed by atoms with Crippen molar-refractivity contribution in [2.45, 2.75) is 33.7 Å². The van der Waals surface area contributed by atoms with Gasteiger partial charge in [-0.25, -0.2) is 4.98 Å². The van der Waals surface area contributed by atoms with Crippen LogP contribution < -0.4 is 5.32 Å². The second kappa shape index (κ2) is 4.26. The molecule has 0 aliphatic carbocycles. The van der Waals surface area contributed by atoms with Crippen molar-refractivity contribution < 1.29 is 4.79 Å². The Balaban J connectivity index is 3.13. The Labute approximate surface area is 84.3 Å². The quantitative estimate of drug-likeness (QED) is 0.748. The Morgan fingerprint density at radius 3 is 2.71 bits per heavy atom. The summed E-state index contributed by atoms with van der Waals surface area (Å²) >= 11 is 0. The normalized spacial score (nSPS) is 10.6. The molecule has 0 spiro atoms. The van der Waals surface area contributed by atoms with Crippen LogP contribution in [-0.2, 0) is 0 Å². The number of hydrogen-bond acceptors (Lipinski definition) is 3. The third-order valence-electron chi connectivity index (χ3n) is 2.03. The van der Waals surface area contributed by atoms with E-state index in [4.69, 9.17) is 0 Å². The van der Waals surface area contributed by atoms with Crippen molar-refractivity contribution in [1.82, 2.24) is 9.55 Å². The average Bonchev–Trinajstić information content (AvgIpc) is 2.48. The first-order valence-electron chi connectivity index (χ1n) is 4.89. The van der Waals surface area contributed by atoms with Gasteiger partial charge in [0.05, 0.1) is 6.33 Å². The van der Waals surface area contributed by atoms with E-state index < -0.39 is 0 Å². The van der Waals surface area contributed by atoms with Crippen LogP contribution >= 0.6 is 0 Å². The first-order chi connectivity index (χ1) is 6.57. The number of hydrogen-bond donors (Lipinski definition) is 1. The molecule has 1 N–H and O–H groups in total. The molecule has 78 valence electrons. The van der Waals surface area contributed by atoms with E-state index in [-0.39, 0.29) is 5.78 Å². The van der Waals surface area contributed by atoms with Crippen molar-refractivity contribution in [2.75, 3.05) is 11.9 Å². The second-order valence-electron chi connectivity index (χ2n) is 3.53. The summed E-state index contributed by atoms with van der Waals surface area (Å²) in [7, 11) is 0. The lowest BCUT2D eigenvalue weighted by molar-refractivity contribution is 0.101. The van der Waals surface area contributed by atoms with E-state index in [1.54, 1.807) is 6.33 Å². The molecule has 0 fully saturated rings. The molecule has 1 aromatic rings. The van der Waals surface area contributed by atoms with E-state index in [0.717, 1.165) is 12.4 Å². The van der Waals surface area contributed by atoms with E-state index in [0.29, 0.717) is 11.7 Å². The van der Waals surface area contributed by atoms with E-state index in [9.17, 15) is 4.79 Å². The third kappa shape index (κ3) is 1.95. The van der Waals surface area contributed by atoms with Crippen LogP contribution in [0.15, 0.2) is 6.33 Å².